The van der Waals surface area contributed by atoms with Gasteiger partial charge in [0.05, 0.1) is 5.92 Å². The Kier molecular flexibility index (Phi) is 4.08. The standard InChI is InChI=1S/C8H15BrO2/c1-6(5-9)7(10)11-8(2,3)4/h6H,5H2,1-4H3/t6-/m0/s1. The zero-order valence-electron chi connectivity index (χ0n) is 7.48. The number of ether oxygens (including phenoxy) is 1. The summed E-state index contributed by atoms with van der Waals surface area (Å²) in [6.45, 7) is 7.44. The van der Waals surface area contributed by atoms with Gasteiger partial charge in [-0.25, -0.2) is 0 Å². The molecule has 0 aromatic rings. The summed E-state index contributed by atoms with van der Waals surface area (Å²) in [4.78, 5) is 11.1. The van der Waals surface area contributed by atoms with Crippen molar-refractivity contribution in [2.75, 3.05) is 5.33 Å². The van der Waals surface area contributed by atoms with Crippen LogP contribution >= 0.6 is 15.9 Å². The molecule has 0 aromatic carbocycles. The van der Waals surface area contributed by atoms with E-state index in [0.29, 0.717) is 5.33 Å². The van der Waals surface area contributed by atoms with Gasteiger partial charge >= 0.3 is 5.97 Å². The minimum Gasteiger partial charge on any atom is -0.460 e. The van der Waals surface area contributed by atoms with E-state index in [4.69, 9.17) is 4.74 Å². The van der Waals surface area contributed by atoms with Crippen LogP contribution in [0.5, 0.6) is 0 Å². The fraction of sp³-hybridized carbons (Fsp3) is 0.875. The zero-order valence-corrected chi connectivity index (χ0v) is 9.06. The van der Waals surface area contributed by atoms with Crippen molar-refractivity contribution in [1.29, 1.82) is 0 Å². The van der Waals surface area contributed by atoms with Gasteiger partial charge in [-0.3, -0.25) is 4.79 Å². The molecule has 0 rings (SSSR count). The number of esters is 1. The average molecular weight is 223 g/mol. The first-order valence-electron chi connectivity index (χ1n) is 3.65. The maximum Gasteiger partial charge on any atom is 0.310 e. The van der Waals surface area contributed by atoms with Gasteiger partial charge in [-0.05, 0) is 20.8 Å². The van der Waals surface area contributed by atoms with E-state index >= 15 is 0 Å². The van der Waals surface area contributed by atoms with Crippen LogP contribution in [0.1, 0.15) is 27.7 Å². The molecule has 0 spiro atoms. The molecule has 0 radical (unpaired) electrons. The lowest BCUT2D eigenvalue weighted by Gasteiger charge is -2.21. The van der Waals surface area contributed by atoms with E-state index in [1.54, 1.807) is 0 Å². The monoisotopic (exact) mass is 222 g/mol. The molecule has 3 heteroatoms. The molecule has 0 aliphatic heterocycles. The van der Waals surface area contributed by atoms with Crippen LogP contribution in [0.2, 0.25) is 0 Å². The fourth-order valence-electron chi connectivity index (χ4n) is 0.465. The molecular weight excluding hydrogens is 208 g/mol. The Hall–Kier alpha value is -0.0500. The summed E-state index contributed by atoms with van der Waals surface area (Å²) in [5.74, 6) is -0.205. The summed E-state index contributed by atoms with van der Waals surface area (Å²) < 4.78 is 5.12. The van der Waals surface area contributed by atoms with Gasteiger partial charge in [0.2, 0.25) is 0 Å². The van der Waals surface area contributed by atoms with Crippen LogP contribution in [0.25, 0.3) is 0 Å². The van der Waals surface area contributed by atoms with Gasteiger partial charge in [-0.2, -0.15) is 0 Å². The Labute approximate surface area is 76.4 Å². The number of halogens is 1. The molecule has 0 fully saturated rings. The highest BCUT2D eigenvalue weighted by Gasteiger charge is 2.20. The predicted molar refractivity (Wildman–Crippen MR) is 48.8 cm³/mol. The van der Waals surface area contributed by atoms with Gasteiger partial charge in [-0.1, -0.05) is 22.9 Å². The summed E-state index contributed by atoms with van der Waals surface area (Å²) in [7, 11) is 0. The van der Waals surface area contributed by atoms with Crippen LogP contribution in [-0.4, -0.2) is 16.9 Å². The smallest absolute Gasteiger partial charge is 0.310 e. The van der Waals surface area contributed by atoms with E-state index < -0.39 is 0 Å². The van der Waals surface area contributed by atoms with E-state index in [0.717, 1.165) is 0 Å². The second kappa shape index (κ2) is 4.10. The third-order valence-corrected chi connectivity index (χ3v) is 2.01. The predicted octanol–water partition coefficient (Wildman–Crippen LogP) is 2.36. The summed E-state index contributed by atoms with van der Waals surface area (Å²) >= 11 is 3.22. The van der Waals surface area contributed by atoms with Crippen molar-refractivity contribution in [2.45, 2.75) is 33.3 Å². The van der Waals surface area contributed by atoms with Crippen LogP contribution in [0.15, 0.2) is 0 Å². The molecule has 0 unspecified atom stereocenters. The fourth-order valence-corrected chi connectivity index (χ4v) is 0.730. The summed E-state index contributed by atoms with van der Waals surface area (Å²) in [6.07, 6.45) is 0. The molecule has 2 nitrogen and oxygen atoms in total. The molecule has 0 amide bonds. The number of carbonyl (C=O) groups is 1. The Bertz CT molecular complexity index is 138. The van der Waals surface area contributed by atoms with Crippen LogP contribution in [0, 0.1) is 5.92 Å². The zero-order chi connectivity index (χ0) is 9.07. The third-order valence-electron chi connectivity index (χ3n) is 1.04. The Morgan fingerprint density at radius 3 is 2.27 bits per heavy atom. The van der Waals surface area contributed by atoms with Crippen molar-refractivity contribution in [1.82, 2.24) is 0 Å². The molecule has 66 valence electrons. The maximum atomic E-state index is 11.1. The molecular formula is C8H15BrO2. The van der Waals surface area contributed by atoms with Crippen molar-refractivity contribution >= 4 is 21.9 Å². The molecule has 0 bridgehead atoms. The van der Waals surface area contributed by atoms with Crippen molar-refractivity contribution < 1.29 is 9.53 Å². The third kappa shape index (κ3) is 5.24. The van der Waals surface area contributed by atoms with Gasteiger partial charge in [0.15, 0.2) is 0 Å². The van der Waals surface area contributed by atoms with E-state index in [9.17, 15) is 4.79 Å². The lowest BCUT2D eigenvalue weighted by Crippen LogP contribution is -2.28. The topological polar surface area (TPSA) is 26.3 Å². The molecule has 0 saturated heterocycles. The summed E-state index contributed by atoms with van der Waals surface area (Å²) in [6, 6.07) is 0. The lowest BCUT2D eigenvalue weighted by atomic mass is 10.1. The van der Waals surface area contributed by atoms with Gasteiger partial charge in [0, 0.05) is 5.33 Å². The Balaban J connectivity index is 3.88. The van der Waals surface area contributed by atoms with Crippen LogP contribution < -0.4 is 0 Å². The summed E-state index contributed by atoms with van der Waals surface area (Å²) in [5, 5.41) is 0.655. The van der Waals surface area contributed by atoms with Crippen molar-refractivity contribution in [3.05, 3.63) is 0 Å². The molecule has 1 atom stereocenters. The number of rotatable bonds is 2. The van der Waals surface area contributed by atoms with E-state index in [2.05, 4.69) is 15.9 Å². The van der Waals surface area contributed by atoms with Gasteiger partial charge in [0.1, 0.15) is 5.60 Å². The first kappa shape index (κ1) is 11.0. The molecule has 0 saturated carbocycles. The number of hydrogen-bond acceptors (Lipinski definition) is 2. The molecule has 11 heavy (non-hydrogen) atoms. The molecule has 0 N–H and O–H groups in total. The van der Waals surface area contributed by atoms with Crippen molar-refractivity contribution in [2.24, 2.45) is 5.92 Å². The van der Waals surface area contributed by atoms with Gasteiger partial charge in [-0.15, -0.1) is 0 Å². The van der Waals surface area contributed by atoms with Crippen LogP contribution in [0.4, 0.5) is 0 Å². The van der Waals surface area contributed by atoms with Crippen LogP contribution in [-0.2, 0) is 9.53 Å². The van der Waals surface area contributed by atoms with E-state index in [1.165, 1.54) is 0 Å². The highest BCUT2D eigenvalue weighted by molar-refractivity contribution is 9.09. The van der Waals surface area contributed by atoms with Crippen molar-refractivity contribution in [3.63, 3.8) is 0 Å². The second-order valence-corrected chi connectivity index (χ2v) is 4.24. The van der Waals surface area contributed by atoms with E-state index in [1.807, 2.05) is 27.7 Å². The minimum absolute atomic E-state index is 0.0609. The number of carbonyl (C=O) groups excluding carboxylic acids is 1. The normalized spacial score (nSPS) is 14.3. The molecule has 0 aliphatic carbocycles. The maximum absolute atomic E-state index is 11.1. The second-order valence-electron chi connectivity index (χ2n) is 3.59. The first-order valence-corrected chi connectivity index (χ1v) is 4.78. The Morgan fingerprint density at radius 1 is 1.55 bits per heavy atom. The SMILES string of the molecule is C[C@@H](CBr)C(=O)OC(C)(C)C. The molecule has 0 aromatic heterocycles. The minimum atomic E-state index is -0.368. The Morgan fingerprint density at radius 2 is 2.00 bits per heavy atom. The van der Waals surface area contributed by atoms with Crippen molar-refractivity contribution in [3.8, 4) is 0 Å². The van der Waals surface area contributed by atoms with Gasteiger partial charge in [0.25, 0.3) is 0 Å². The summed E-state index contributed by atoms with van der Waals surface area (Å²) in [5.41, 5.74) is -0.368. The number of alkyl halides is 1. The lowest BCUT2D eigenvalue weighted by molar-refractivity contribution is -0.158. The van der Waals surface area contributed by atoms with E-state index in [-0.39, 0.29) is 17.5 Å². The highest BCUT2D eigenvalue weighted by Crippen LogP contribution is 2.12. The van der Waals surface area contributed by atoms with Crippen LogP contribution in [0.3, 0.4) is 0 Å². The largest absolute Gasteiger partial charge is 0.460 e. The first-order chi connectivity index (χ1) is 4.87. The molecule has 0 aliphatic rings. The van der Waals surface area contributed by atoms with Gasteiger partial charge < -0.3 is 4.74 Å². The average Bonchev–Trinajstić information content (AvgIpc) is 1.82. The number of hydrogen-bond donors (Lipinski definition) is 0. The quantitative estimate of drug-likeness (QED) is 0.530. The molecule has 0 heterocycles. The highest BCUT2D eigenvalue weighted by atomic mass is 79.9.